The number of hydrogen-bond donors (Lipinski definition) is 2. The number of nitrogens with zero attached hydrogens (tertiary/aromatic N) is 2. The number of halogens is 3. The Hall–Kier alpha value is -1.37. The van der Waals surface area contributed by atoms with E-state index in [2.05, 4.69) is 37.0 Å². The molecule has 7 heteroatoms. The van der Waals surface area contributed by atoms with E-state index in [0.29, 0.717) is 0 Å². The largest absolute Gasteiger partial charge is 0.369 e. The number of benzene rings is 2. The van der Waals surface area contributed by atoms with Gasteiger partial charge in [0.2, 0.25) is 5.96 Å². The summed E-state index contributed by atoms with van der Waals surface area (Å²) in [5.41, 5.74) is 8.14. The van der Waals surface area contributed by atoms with Gasteiger partial charge in [-0.25, -0.2) is 5.01 Å². The summed E-state index contributed by atoms with van der Waals surface area (Å²) in [6.07, 6.45) is 0. The Balaban J connectivity index is 0.00000242. The number of hydrazone groups is 1. The van der Waals surface area contributed by atoms with Crippen LogP contribution in [-0.4, -0.2) is 23.7 Å². The third-order valence-corrected chi connectivity index (χ3v) is 3.89. The van der Waals surface area contributed by atoms with Crippen LogP contribution >= 0.6 is 44.3 Å². The Morgan fingerprint density at radius 2 is 1.32 bits per heavy atom. The van der Waals surface area contributed by atoms with Crippen LogP contribution in [0, 0.1) is 5.41 Å². The Kier molecular flexibility index (Phi) is 7.06. The second kappa shape index (κ2) is 8.31. The van der Waals surface area contributed by atoms with Gasteiger partial charge in [0.25, 0.3) is 0 Å². The summed E-state index contributed by atoms with van der Waals surface area (Å²) in [6.45, 7) is 0. The summed E-state index contributed by atoms with van der Waals surface area (Å²) >= 11 is 6.85. The maximum absolute atomic E-state index is 7.47. The summed E-state index contributed by atoms with van der Waals surface area (Å²) in [7, 11) is 1.65. The minimum absolute atomic E-state index is 0. The monoisotopic (exact) mass is 444 g/mol. The van der Waals surface area contributed by atoms with Gasteiger partial charge in [-0.15, -0.1) is 12.4 Å². The highest BCUT2D eigenvalue weighted by Crippen LogP contribution is 2.18. The van der Waals surface area contributed by atoms with E-state index in [1.807, 2.05) is 48.5 Å². The second-order valence-electron chi connectivity index (χ2n) is 4.37. The van der Waals surface area contributed by atoms with Crippen molar-refractivity contribution in [3.8, 4) is 0 Å². The van der Waals surface area contributed by atoms with Gasteiger partial charge in [-0.05, 0) is 24.3 Å². The van der Waals surface area contributed by atoms with E-state index in [1.165, 1.54) is 5.01 Å². The number of hydrogen-bond acceptors (Lipinski definition) is 2. The average molecular weight is 447 g/mol. The molecule has 2 rings (SSSR count). The predicted molar refractivity (Wildman–Crippen MR) is 101 cm³/mol. The fourth-order valence-electron chi connectivity index (χ4n) is 1.70. The Morgan fingerprint density at radius 3 is 1.64 bits per heavy atom. The minimum Gasteiger partial charge on any atom is -0.369 e. The van der Waals surface area contributed by atoms with Crippen LogP contribution in [0.4, 0.5) is 0 Å². The average Bonchev–Trinajstić information content (AvgIpc) is 2.46. The maximum Gasteiger partial charge on any atom is 0.209 e. The molecule has 0 aliphatic heterocycles. The van der Waals surface area contributed by atoms with Crippen molar-refractivity contribution in [2.75, 3.05) is 7.05 Å². The van der Waals surface area contributed by atoms with Crippen LogP contribution in [0.2, 0.25) is 0 Å². The Labute approximate surface area is 152 Å². The lowest BCUT2D eigenvalue weighted by atomic mass is 10.0. The quantitative estimate of drug-likeness (QED) is 0.421. The first-order chi connectivity index (χ1) is 9.97. The van der Waals surface area contributed by atoms with Crippen molar-refractivity contribution in [1.82, 2.24) is 5.01 Å². The van der Waals surface area contributed by atoms with Crippen LogP contribution in [0.1, 0.15) is 11.1 Å². The molecule has 0 bridgehead atoms. The standard InChI is InChI=1S/C15H14Br2N4.ClH/c1-21(15(18)19)20-14(10-2-6-12(16)7-3-10)11-4-8-13(17)9-5-11;/h2-9H,1H3,(H3,18,19);1H. The highest BCUT2D eigenvalue weighted by molar-refractivity contribution is 9.10. The zero-order chi connectivity index (χ0) is 15.4. The summed E-state index contributed by atoms with van der Waals surface area (Å²) < 4.78 is 2.00. The molecule has 22 heavy (non-hydrogen) atoms. The van der Waals surface area contributed by atoms with E-state index >= 15 is 0 Å². The molecule has 4 nitrogen and oxygen atoms in total. The molecule has 2 aromatic carbocycles. The Morgan fingerprint density at radius 1 is 0.955 bits per heavy atom. The van der Waals surface area contributed by atoms with Gasteiger partial charge in [-0.3, -0.25) is 5.41 Å². The van der Waals surface area contributed by atoms with Crippen molar-refractivity contribution in [3.05, 3.63) is 68.6 Å². The van der Waals surface area contributed by atoms with Gasteiger partial charge >= 0.3 is 0 Å². The van der Waals surface area contributed by atoms with Crippen molar-refractivity contribution < 1.29 is 0 Å². The van der Waals surface area contributed by atoms with Crippen LogP contribution in [0.5, 0.6) is 0 Å². The van der Waals surface area contributed by atoms with Crippen molar-refractivity contribution in [2.45, 2.75) is 0 Å². The van der Waals surface area contributed by atoms with E-state index in [9.17, 15) is 0 Å². The highest BCUT2D eigenvalue weighted by atomic mass is 79.9. The molecule has 0 aromatic heterocycles. The normalized spacial score (nSPS) is 9.59. The summed E-state index contributed by atoms with van der Waals surface area (Å²) in [5.74, 6) is -0.110. The van der Waals surface area contributed by atoms with Crippen molar-refractivity contribution in [2.24, 2.45) is 10.8 Å². The Bertz CT molecular complexity index is 621. The predicted octanol–water partition coefficient (Wildman–Crippen LogP) is 4.21. The molecule has 3 N–H and O–H groups in total. The third-order valence-electron chi connectivity index (χ3n) is 2.83. The molecule has 0 aliphatic carbocycles. The van der Waals surface area contributed by atoms with Gasteiger partial charge < -0.3 is 5.73 Å². The smallest absolute Gasteiger partial charge is 0.209 e. The zero-order valence-electron chi connectivity index (χ0n) is 11.8. The van der Waals surface area contributed by atoms with Crippen LogP contribution < -0.4 is 5.73 Å². The second-order valence-corrected chi connectivity index (χ2v) is 6.20. The number of nitrogens with one attached hydrogen (secondary N) is 1. The summed E-state index contributed by atoms with van der Waals surface area (Å²) in [5, 5.41) is 13.3. The van der Waals surface area contributed by atoms with Gasteiger partial charge in [0.15, 0.2) is 0 Å². The van der Waals surface area contributed by atoms with Crippen molar-refractivity contribution >= 4 is 55.9 Å². The molecule has 0 heterocycles. The van der Waals surface area contributed by atoms with Gasteiger partial charge in [-0.1, -0.05) is 56.1 Å². The molecule has 0 radical (unpaired) electrons. The SMILES string of the molecule is CN(N=C(c1ccc(Br)cc1)c1ccc(Br)cc1)C(=N)N.Cl. The lowest BCUT2D eigenvalue weighted by molar-refractivity contribution is 0.534. The molecular weight excluding hydrogens is 431 g/mol. The number of rotatable bonds is 3. The van der Waals surface area contributed by atoms with E-state index in [0.717, 1.165) is 25.8 Å². The molecule has 0 amide bonds. The third kappa shape index (κ3) is 4.83. The molecule has 0 unspecified atom stereocenters. The minimum atomic E-state index is -0.110. The topological polar surface area (TPSA) is 65.5 Å². The van der Waals surface area contributed by atoms with E-state index < -0.39 is 0 Å². The van der Waals surface area contributed by atoms with Gasteiger partial charge in [-0.2, -0.15) is 5.10 Å². The fourth-order valence-corrected chi connectivity index (χ4v) is 2.23. The van der Waals surface area contributed by atoms with Crippen molar-refractivity contribution in [3.63, 3.8) is 0 Å². The molecule has 116 valence electrons. The lowest BCUT2D eigenvalue weighted by Crippen LogP contribution is -2.29. The van der Waals surface area contributed by atoms with E-state index in [4.69, 9.17) is 11.1 Å². The lowest BCUT2D eigenvalue weighted by Gasteiger charge is -2.14. The first kappa shape index (κ1) is 18.7. The summed E-state index contributed by atoms with van der Waals surface area (Å²) in [4.78, 5) is 0. The van der Waals surface area contributed by atoms with Gasteiger partial charge in [0.1, 0.15) is 0 Å². The fraction of sp³-hybridized carbons (Fsp3) is 0.0667. The van der Waals surface area contributed by atoms with E-state index in [1.54, 1.807) is 7.05 Å². The molecule has 0 fully saturated rings. The highest BCUT2D eigenvalue weighted by Gasteiger charge is 2.09. The molecule has 0 spiro atoms. The van der Waals surface area contributed by atoms with Crippen LogP contribution in [0.15, 0.2) is 62.6 Å². The maximum atomic E-state index is 7.47. The first-order valence-electron chi connectivity index (χ1n) is 6.15. The van der Waals surface area contributed by atoms with Crippen LogP contribution in [0.3, 0.4) is 0 Å². The zero-order valence-corrected chi connectivity index (χ0v) is 15.7. The molecule has 0 saturated carbocycles. The molecule has 0 aliphatic rings. The first-order valence-corrected chi connectivity index (χ1v) is 7.74. The van der Waals surface area contributed by atoms with Gasteiger partial charge in [0, 0.05) is 27.1 Å². The molecule has 0 saturated heterocycles. The van der Waals surface area contributed by atoms with Crippen LogP contribution in [-0.2, 0) is 0 Å². The van der Waals surface area contributed by atoms with E-state index in [-0.39, 0.29) is 18.4 Å². The van der Waals surface area contributed by atoms with Gasteiger partial charge in [0.05, 0.1) is 5.71 Å². The number of nitrogens with two attached hydrogens (primary N) is 1. The van der Waals surface area contributed by atoms with Crippen LogP contribution in [0.25, 0.3) is 0 Å². The number of guanidine groups is 1. The molecule has 0 atom stereocenters. The van der Waals surface area contributed by atoms with Crippen molar-refractivity contribution in [1.29, 1.82) is 5.41 Å². The summed E-state index contributed by atoms with van der Waals surface area (Å²) in [6, 6.07) is 15.7. The molecular formula is C15H15Br2ClN4. The molecule has 2 aromatic rings.